The number of aliphatic carboxylic acids is 1. The van der Waals surface area contributed by atoms with Crippen LogP contribution in [0.2, 0.25) is 0 Å². The normalized spacial score (nSPS) is 13.3. The van der Waals surface area contributed by atoms with Crippen LogP contribution in [-0.2, 0) is 11.2 Å². The molecule has 0 amide bonds. The van der Waals surface area contributed by atoms with E-state index in [1.54, 1.807) is 12.1 Å². The Morgan fingerprint density at radius 3 is 2.15 bits per heavy atom. The fraction of sp³-hybridized carbons (Fsp3) is 0.682. The minimum absolute atomic E-state index is 0.0859. The van der Waals surface area contributed by atoms with Crippen molar-refractivity contribution in [3.8, 4) is 11.5 Å². The Balaban J connectivity index is 2.94. The van der Waals surface area contributed by atoms with Crippen molar-refractivity contribution in [2.45, 2.75) is 84.5 Å². The molecule has 0 heterocycles. The van der Waals surface area contributed by atoms with Crippen molar-refractivity contribution < 1.29 is 19.7 Å². The van der Waals surface area contributed by atoms with E-state index in [9.17, 15) is 15.0 Å². The molecule has 1 rings (SSSR count). The molecule has 1 aromatic carbocycles. The molecule has 4 heteroatoms. The predicted molar refractivity (Wildman–Crippen MR) is 106 cm³/mol. The number of carboxylic acids is 1. The van der Waals surface area contributed by atoms with Gasteiger partial charge in [0.1, 0.15) is 0 Å². The molecule has 0 saturated carbocycles. The zero-order valence-corrected chi connectivity index (χ0v) is 16.7. The first-order chi connectivity index (χ1) is 12.5. The second kappa shape index (κ2) is 11.8. The quantitative estimate of drug-likeness (QED) is 0.400. The molecule has 1 atom stereocenters. The van der Waals surface area contributed by atoms with Crippen LogP contribution in [0.3, 0.4) is 0 Å². The van der Waals surface area contributed by atoms with Gasteiger partial charge in [0, 0.05) is 0 Å². The van der Waals surface area contributed by atoms with Gasteiger partial charge in [-0.2, -0.15) is 0 Å². The number of carbonyl (C=O) groups is 1. The maximum atomic E-state index is 12.3. The predicted octanol–water partition coefficient (Wildman–Crippen LogP) is 5.96. The maximum absolute atomic E-state index is 12.3. The average molecular weight is 365 g/mol. The van der Waals surface area contributed by atoms with E-state index in [2.05, 4.69) is 13.8 Å². The Morgan fingerprint density at radius 2 is 1.58 bits per heavy atom. The second-order valence-corrected chi connectivity index (χ2v) is 7.39. The number of phenolic OH excluding ortho intramolecular Hbond substituents is 1. The summed E-state index contributed by atoms with van der Waals surface area (Å²) in [6, 6.07) is 5.17. The highest BCUT2D eigenvalue weighted by Crippen LogP contribution is 2.38. The summed E-state index contributed by atoms with van der Waals surface area (Å²) in [7, 11) is 1.51. The molecular formula is C22H36O4. The molecule has 0 saturated heterocycles. The molecule has 0 aliphatic carbocycles. The Kier molecular flexibility index (Phi) is 10.2. The van der Waals surface area contributed by atoms with E-state index in [0.717, 1.165) is 37.7 Å². The summed E-state index contributed by atoms with van der Waals surface area (Å²) in [6.45, 7) is 4.32. The van der Waals surface area contributed by atoms with E-state index in [1.807, 2.05) is 6.07 Å². The SMILES string of the molecule is CCCCCCCC(CCCCC)(Cc1ccc(O)c(OC)c1)C(=O)O. The van der Waals surface area contributed by atoms with E-state index >= 15 is 0 Å². The van der Waals surface area contributed by atoms with Crippen molar-refractivity contribution >= 4 is 5.97 Å². The lowest BCUT2D eigenvalue weighted by atomic mass is 9.73. The highest BCUT2D eigenvalue weighted by molar-refractivity contribution is 5.75. The van der Waals surface area contributed by atoms with E-state index in [4.69, 9.17) is 4.74 Å². The standard InChI is InChI=1S/C22H36O4/c1-4-6-8-9-11-15-22(21(24)25,14-10-7-5-2)17-18-12-13-19(23)20(16-18)26-3/h12-13,16,23H,4-11,14-15,17H2,1-3H3,(H,24,25). The van der Waals surface area contributed by atoms with Crippen LogP contribution in [0.4, 0.5) is 0 Å². The lowest BCUT2D eigenvalue weighted by Gasteiger charge is -2.30. The van der Waals surface area contributed by atoms with E-state index in [0.29, 0.717) is 25.0 Å². The van der Waals surface area contributed by atoms with Crippen LogP contribution in [0.5, 0.6) is 11.5 Å². The van der Waals surface area contributed by atoms with Crippen LogP contribution in [-0.4, -0.2) is 23.3 Å². The average Bonchev–Trinajstić information content (AvgIpc) is 2.62. The summed E-state index contributed by atoms with van der Waals surface area (Å²) in [4.78, 5) is 12.3. The van der Waals surface area contributed by atoms with Gasteiger partial charge in [-0.15, -0.1) is 0 Å². The lowest BCUT2D eigenvalue weighted by molar-refractivity contribution is -0.150. The monoisotopic (exact) mass is 364 g/mol. The van der Waals surface area contributed by atoms with Crippen LogP contribution < -0.4 is 4.74 Å². The molecule has 1 unspecified atom stereocenters. The third-order valence-corrected chi connectivity index (χ3v) is 5.26. The van der Waals surface area contributed by atoms with Gasteiger partial charge in [-0.25, -0.2) is 0 Å². The van der Waals surface area contributed by atoms with Crippen LogP contribution in [0, 0.1) is 5.41 Å². The van der Waals surface area contributed by atoms with Gasteiger partial charge >= 0.3 is 5.97 Å². The summed E-state index contributed by atoms with van der Waals surface area (Å²) in [5.74, 6) is -0.211. The van der Waals surface area contributed by atoms with E-state index < -0.39 is 11.4 Å². The van der Waals surface area contributed by atoms with Gasteiger partial charge in [0.2, 0.25) is 0 Å². The molecule has 1 aromatic rings. The summed E-state index contributed by atoms with van der Waals surface area (Å²) < 4.78 is 5.19. The van der Waals surface area contributed by atoms with Gasteiger partial charge in [0.05, 0.1) is 12.5 Å². The number of hydrogen-bond acceptors (Lipinski definition) is 3. The highest BCUT2D eigenvalue weighted by Gasteiger charge is 2.37. The number of unbranched alkanes of at least 4 members (excludes halogenated alkanes) is 6. The summed E-state index contributed by atoms with van der Waals surface area (Å²) in [5.41, 5.74) is 0.177. The van der Waals surface area contributed by atoms with Gasteiger partial charge < -0.3 is 14.9 Å². The highest BCUT2D eigenvalue weighted by atomic mass is 16.5. The summed E-state index contributed by atoms with van der Waals surface area (Å²) >= 11 is 0. The van der Waals surface area contributed by atoms with E-state index in [1.165, 1.54) is 26.4 Å². The van der Waals surface area contributed by atoms with Crippen molar-refractivity contribution in [1.82, 2.24) is 0 Å². The summed E-state index contributed by atoms with van der Waals surface area (Å²) in [5, 5.41) is 19.9. The van der Waals surface area contributed by atoms with Crippen LogP contribution in [0.25, 0.3) is 0 Å². The number of aromatic hydroxyl groups is 1. The van der Waals surface area contributed by atoms with Crippen LogP contribution in [0.1, 0.15) is 83.6 Å². The lowest BCUT2D eigenvalue weighted by Crippen LogP contribution is -2.33. The zero-order valence-electron chi connectivity index (χ0n) is 16.7. The molecule has 0 bridgehead atoms. The van der Waals surface area contributed by atoms with Crippen molar-refractivity contribution in [3.05, 3.63) is 23.8 Å². The molecule has 0 spiro atoms. The smallest absolute Gasteiger partial charge is 0.309 e. The molecule has 2 N–H and O–H groups in total. The van der Waals surface area contributed by atoms with Gasteiger partial charge in [-0.3, -0.25) is 4.79 Å². The molecule has 0 aromatic heterocycles. The first-order valence-corrected chi connectivity index (χ1v) is 10.1. The zero-order chi connectivity index (χ0) is 19.4. The third kappa shape index (κ3) is 6.89. The van der Waals surface area contributed by atoms with Crippen molar-refractivity contribution in [2.75, 3.05) is 7.11 Å². The minimum atomic E-state index is -0.733. The summed E-state index contributed by atoms with van der Waals surface area (Å²) in [6.07, 6.45) is 10.6. The molecule has 148 valence electrons. The molecule has 0 aliphatic heterocycles. The molecule has 0 fully saturated rings. The number of hydrogen-bond donors (Lipinski definition) is 2. The molecular weight excluding hydrogens is 328 g/mol. The third-order valence-electron chi connectivity index (χ3n) is 5.26. The van der Waals surface area contributed by atoms with Gasteiger partial charge in [-0.1, -0.05) is 71.3 Å². The van der Waals surface area contributed by atoms with Gasteiger partial charge in [0.25, 0.3) is 0 Å². The topological polar surface area (TPSA) is 66.8 Å². The Hall–Kier alpha value is -1.71. The maximum Gasteiger partial charge on any atom is 0.309 e. The number of rotatable bonds is 14. The Morgan fingerprint density at radius 1 is 1.00 bits per heavy atom. The first-order valence-electron chi connectivity index (χ1n) is 10.1. The minimum Gasteiger partial charge on any atom is -0.504 e. The first kappa shape index (κ1) is 22.3. The number of ether oxygens (including phenoxy) is 1. The van der Waals surface area contributed by atoms with Crippen LogP contribution in [0.15, 0.2) is 18.2 Å². The van der Waals surface area contributed by atoms with Crippen molar-refractivity contribution in [2.24, 2.45) is 5.41 Å². The fourth-order valence-corrected chi connectivity index (χ4v) is 3.59. The number of phenols is 1. The largest absolute Gasteiger partial charge is 0.504 e. The molecule has 0 aliphatic rings. The molecule has 0 radical (unpaired) electrons. The Labute approximate surface area is 158 Å². The van der Waals surface area contributed by atoms with Crippen LogP contribution >= 0.6 is 0 Å². The molecule has 26 heavy (non-hydrogen) atoms. The number of benzene rings is 1. The van der Waals surface area contributed by atoms with E-state index in [-0.39, 0.29) is 5.75 Å². The fourth-order valence-electron chi connectivity index (χ4n) is 3.59. The van der Waals surface area contributed by atoms with Crippen molar-refractivity contribution in [1.29, 1.82) is 0 Å². The Bertz CT molecular complexity index is 541. The van der Waals surface area contributed by atoms with Crippen molar-refractivity contribution in [3.63, 3.8) is 0 Å². The number of methoxy groups -OCH3 is 1. The second-order valence-electron chi connectivity index (χ2n) is 7.39. The molecule has 4 nitrogen and oxygen atoms in total. The van der Waals surface area contributed by atoms with Gasteiger partial charge in [-0.05, 0) is 37.0 Å². The van der Waals surface area contributed by atoms with Gasteiger partial charge in [0.15, 0.2) is 11.5 Å². The number of carboxylic acid groups (broad SMARTS) is 1.